The number of aromatic hydroxyl groups is 1. The van der Waals surface area contributed by atoms with Crippen molar-refractivity contribution < 1.29 is 9.90 Å². The Morgan fingerprint density at radius 1 is 1.29 bits per heavy atom. The van der Waals surface area contributed by atoms with Crippen molar-refractivity contribution in [2.45, 2.75) is 19.4 Å². The van der Waals surface area contributed by atoms with Crippen LogP contribution in [0.5, 0.6) is 5.75 Å². The SMILES string of the molecule is CCC(CSC)N(C)C(=O)c1cc2ccccc2cc1O. The number of hydrogen-bond donors (Lipinski definition) is 1. The monoisotopic (exact) mass is 303 g/mol. The van der Waals surface area contributed by atoms with Crippen LogP contribution in [0.15, 0.2) is 36.4 Å². The molecule has 0 saturated heterocycles. The van der Waals surface area contributed by atoms with Gasteiger partial charge in [-0.25, -0.2) is 0 Å². The first kappa shape index (κ1) is 15.7. The molecule has 0 spiro atoms. The minimum absolute atomic E-state index is 0.0459. The molecule has 3 nitrogen and oxygen atoms in total. The molecule has 1 amide bonds. The molecule has 2 aromatic carbocycles. The topological polar surface area (TPSA) is 40.5 Å². The Morgan fingerprint density at radius 3 is 2.48 bits per heavy atom. The quantitative estimate of drug-likeness (QED) is 0.914. The summed E-state index contributed by atoms with van der Waals surface area (Å²) in [5.41, 5.74) is 0.371. The molecule has 0 heterocycles. The second-order valence-electron chi connectivity index (χ2n) is 5.15. The van der Waals surface area contributed by atoms with Gasteiger partial charge in [0.05, 0.1) is 5.56 Å². The number of benzene rings is 2. The van der Waals surface area contributed by atoms with Crippen molar-refractivity contribution in [3.63, 3.8) is 0 Å². The standard InChI is InChI=1S/C17H21NO2S/c1-4-14(11-21-3)18(2)17(20)15-9-12-7-5-6-8-13(12)10-16(15)19/h5-10,14,19H,4,11H2,1-3H3. The number of thioether (sulfide) groups is 1. The van der Waals surface area contributed by atoms with Crippen LogP contribution >= 0.6 is 11.8 Å². The van der Waals surface area contributed by atoms with E-state index in [1.807, 2.05) is 30.5 Å². The Kier molecular flexibility index (Phi) is 5.12. The molecule has 0 aliphatic carbocycles. The van der Waals surface area contributed by atoms with Crippen molar-refractivity contribution in [2.75, 3.05) is 19.1 Å². The molecule has 0 saturated carbocycles. The van der Waals surface area contributed by atoms with E-state index < -0.39 is 0 Å². The summed E-state index contributed by atoms with van der Waals surface area (Å²) in [7, 11) is 1.81. The number of rotatable bonds is 5. The fourth-order valence-corrected chi connectivity index (χ4v) is 3.30. The van der Waals surface area contributed by atoms with Crippen molar-refractivity contribution in [3.05, 3.63) is 42.0 Å². The Balaban J connectivity index is 2.36. The van der Waals surface area contributed by atoms with Gasteiger partial charge in [-0.15, -0.1) is 0 Å². The van der Waals surface area contributed by atoms with Gasteiger partial charge in [-0.1, -0.05) is 31.2 Å². The summed E-state index contributed by atoms with van der Waals surface area (Å²) in [6.07, 6.45) is 2.94. The van der Waals surface area contributed by atoms with Crippen LogP contribution in [0.3, 0.4) is 0 Å². The minimum Gasteiger partial charge on any atom is -0.507 e. The molecular weight excluding hydrogens is 282 g/mol. The summed E-state index contributed by atoms with van der Waals surface area (Å²) in [6.45, 7) is 2.07. The fraction of sp³-hybridized carbons (Fsp3) is 0.353. The normalized spacial score (nSPS) is 12.3. The summed E-state index contributed by atoms with van der Waals surface area (Å²) in [5, 5.41) is 12.1. The van der Waals surface area contributed by atoms with Crippen molar-refractivity contribution in [1.29, 1.82) is 0 Å². The van der Waals surface area contributed by atoms with Crippen LogP contribution in [-0.4, -0.2) is 41.0 Å². The molecule has 1 N–H and O–H groups in total. The number of carbonyl (C=O) groups excluding carboxylic acids is 1. The van der Waals surface area contributed by atoms with Gasteiger partial charge in [0, 0.05) is 18.8 Å². The van der Waals surface area contributed by atoms with E-state index in [1.165, 1.54) is 0 Å². The average Bonchev–Trinajstić information content (AvgIpc) is 2.50. The number of hydrogen-bond acceptors (Lipinski definition) is 3. The molecule has 1 atom stereocenters. The maximum Gasteiger partial charge on any atom is 0.257 e. The molecule has 1 unspecified atom stereocenters. The van der Waals surface area contributed by atoms with Gasteiger partial charge in [-0.05, 0) is 35.6 Å². The van der Waals surface area contributed by atoms with Gasteiger partial charge >= 0.3 is 0 Å². The zero-order valence-corrected chi connectivity index (χ0v) is 13.5. The highest BCUT2D eigenvalue weighted by Gasteiger charge is 2.22. The number of amides is 1. The second-order valence-corrected chi connectivity index (χ2v) is 6.06. The highest BCUT2D eigenvalue weighted by atomic mass is 32.2. The molecule has 0 bridgehead atoms. The lowest BCUT2D eigenvalue weighted by molar-refractivity contribution is 0.0741. The molecule has 0 radical (unpaired) electrons. The molecule has 21 heavy (non-hydrogen) atoms. The Morgan fingerprint density at radius 2 is 1.90 bits per heavy atom. The van der Waals surface area contributed by atoms with Crippen molar-refractivity contribution in [2.24, 2.45) is 0 Å². The Hall–Kier alpha value is -1.68. The van der Waals surface area contributed by atoms with Crippen LogP contribution in [-0.2, 0) is 0 Å². The van der Waals surface area contributed by atoms with Crippen molar-refractivity contribution in [3.8, 4) is 5.75 Å². The van der Waals surface area contributed by atoms with Crippen LogP contribution in [0.25, 0.3) is 10.8 Å². The predicted octanol–water partition coefficient (Wildman–Crippen LogP) is 3.76. The van der Waals surface area contributed by atoms with Gasteiger partial charge in [0.25, 0.3) is 5.91 Å². The second kappa shape index (κ2) is 6.85. The Bertz CT molecular complexity index is 642. The maximum atomic E-state index is 12.6. The maximum absolute atomic E-state index is 12.6. The number of nitrogens with zero attached hydrogens (tertiary/aromatic N) is 1. The molecule has 2 aromatic rings. The van der Waals surface area contributed by atoms with Gasteiger partial charge in [-0.2, -0.15) is 11.8 Å². The lowest BCUT2D eigenvalue weighted by Crippen LogP contribution is -2.38. The molecule has 0 fully saturated rings. The van der Waals surface area contributed by atoms with Crippen molar-refractivity contribution in [1.82, 2.24) is 4.90 Å². The van der Waals surface area contributed by atoms with Gasteiger partial charge < -0.3 is 10.0 Å². The molecule has 4 heteroatoms. The fourth-order valence-electron chi connectivity index (χ4n) is 2.45. The highest BCUT2D eigenvalue weighted by molar-refractivity contribution is 7.98. The minimum atomic E-state index is -0.126. The summed E-state index contributed by atoms with van der Waals surface area (Å²) in [6, 6.07) is 11.3. The molecular formula is C17H21NO2S. The summed E-state index contributed by atoms with van der Waals surface area (Å²) < 4.78 is 0. The third-order valence-electron chi connectivity index (χ3n) is 3.79. The molecule has 0 aliphatic rings. The van der Waals surface area contributed by atoms with Crippen LogP contribution in [0.1, 0.15) is 23.7 Å². The van der Waals surface area contributed by atoms with E-state index in [1.54, 1.807) is 35.8 Å². The first-order chi connectivity index (χ1) is 10.1. The van der Waals surface area contributed by atoms with E-state index in [0.29, 0.717) is 5.56 Å². The van der Waals surface area contributed by atoms with E-state index in [2.05, 4.69) is 6.92 Å². The molecule has 112 valence electrons. The lowest BCUT2D eigenvalue weighted by atomic mass is 10.0. The molecule has 2 rings (SSSR count). The third-order valence-corrected chi connectivity index (χ3v) is 4.51. The van der Waals surface area contributed by atoms with Gasteiger partial charge in [0.15, 0.2) is 0 Å². The van der Waals surface area contributed by atoms with E-state index in [0.717, 1.165) is 22.9 Å². The summed E-state index contributed by atoms with van der Waals surface area (Å²) in [4.78, 5) is 14.4. The summed E-state index contributed by atoms with van der Waals surface area (Å²) in [5.74, 6) is 0.816. The van der Waals surface area contributed by atoms with E-state index in [-0.39, 0.29) is 17.7 Å². The smallest absolute Gasteiger partial charge is 0.257 e. The number of carbonyl (C=O) groups is 1. The number of phenolic OH excluding ortho intramolecular Hbond substituents is 1. The highest BCUT2D eigenvalue weighted by Crippen LogP contribution is 2.26. The van der Waals surface area contributed by atoms with E-state index in [9.17, 15) is 9.90 Å². The lowest BCUT2D eigenvalue weighted by Gasteiger charge is -2.27. The zero-order valence-electron chi connectivity index (χ0n) is 12.7. The largest absolute Gasteiger partial charge is 0.507 e. The van der Waals surface area contributed by atoms with Crippen molar-refractivity contribution >= 4 is 28.4 Å². The number of fused-ring (bicyclic) bond motifs is 1. The first-order valence-electron chi connectivity index (χ1n) is 7.06. The van der Waals surface area contributed by atoms with E-state index in [4.69, 9.17) is 0 Å². The van der Waals surface area contributed by atoms with Crippen LogP contribution < -0.4 is 0 Å². The Labute approximate surface area is 130 Å². The van der Waals surface area contributed by atoms with Gasteiger partial charge in [0.2, 0.25) is 0 Å². The van der Waals surface area contributed by atoms with Gasteiger partial charge in [-0.3, -0.25) is 4.79 Å². The van der Waals surface area contributed by atoms with E-state index >= 15 is 0 Å². The molecule has 0 aromatic heterocycles. The zero-order chi connectivity index (χ0) is 15.4. The number of phenols is 1. The summed E-state index contributed by atoms with van der Waals surface area (Å²) >= 11 is 1.73. The van der Waals surface area contributed by atoms with Crippen LogP contribution in [0.4, 0.5) is 0 Å². The molecule has 0 aliphatic heterocycles. The first-order valence-corrected chi connectivity index (χ1v) is 8.45. The van der Waals surface area contributed by atoms with Crippen LogP contribution in [0.2, 0.25) is 0 Å². The third kappa shape index (κ3) is 3.32. The average molecular weight is 303 g/mol. The van der Waals surface area contributed by atoms with Gasteiger partial charge in [0.1, 0.15) is 5.75 Å². The predicted molar refractivity (Wildman–Crippen MR) is 90.2 cm³/mol. The van der Waals surface area contributed by atoms with Crippen LogP contribution in [0, 0.1) is 0 Å².